The van der Waals surface area contributed by atoms with Crippen LogP contribution in [-0.4, -0.2) is 6.61 Å². The monoisotopic (exact) mass is 164 g/mol. The van der Waals surface area contributed by atoms with Gasteiger partial charge in [-0.15, -0.1) is 0 Å². The van der Waals surface area contributed by atoms with Crippen molar-refractivity contribution in [2.45, 2.75) is 32.6 Å². The first kappa shape index (κ1) is 14.0. The maximum absolute atomic E-state index is 5.08. The third-order valence-electron chi connectivity index (χ3n) is 1.30. The van der Waals surface area contributed by atoms with Gasteiger partial charge in [0.05, 0.1) is 6.61 Å². The van der Waals surface area contributed by atoms with Crippen LogP contribution in [0.5, 0.6) is 0 Å². The average Bonchev–Trinajstić information content (AvgIpc) is 1.87. The van der Waals surface area contributed by atoms with Crippen LogP contribution >= 0.6 is 0 Å². The van der Waals surface area contributed by atoms with Crippen molar-refractivity contribution < 1.29 is 34.3 Å². The summed E-state index contributed by atoms with van der Waals surface area (Å²) in [5, 5.41) is 0. The van der Waals surface area contributed by atoms with Gasteiger partial charge in [-0.1, -0.05) is 31.9 Å². The number of hydrogen-bond acceptors (Lipinski definition) is 1. The van der Waals surface area contributed by atoms with E-state index in [1.807, 2.05) is 0 Å². The molecule has 0 fully saturated rings. The molecule has 0 aliphatic carbocycles. The first-order valence-corrected chi connectivity index (χ1v) is 3.91. The summed E-state index contributed by atoms with van der Waals surface area (Å²) in [5.74, 6) is 0.580. The molecule has 1 nitrogen and oxygen atoms in total. The molecule has 0 aromatic rings. The van der Waals surface area contributed by atoms with Gasteiger partial charge in [0.1, 0.15) is 0 Å². The first-order valence-electron chi connectivity index (χ1n) is 3.91. The van der Waals surface area contributed by atoms with Gasteiger partial charge < -0.3 is 4.74 Å². The molecule has 0 rings (SSSR count). The van der Waals surface area contributed by atoms with E-state index < -0.39 is 0 Å². The first-order chi connectivity index (χ1) is 4.77. The van der Waals surface area contributed by atoms with E-state index in [1.54, 1.807) is 0 Å². The maximum atomic E-state index is 5.08. The number of unbranched alkanes of at least 4 members (excludes halogenated alkanes) is 3. The van der Waals surface area contributed by atoms with E-state index in [1.165, 1.54) is 19.3 Å². The molecule has 0 spiro atoms. The number of hydrogen-bond donors (Lipinski definition) is 0. The number of ether oxygens (including phenoxy) is 1. The minimum Gasteiger partial charge on any atom is -0.532 e. The number of allylic oxidation sites excluding steroid dienone is 1. The molecule has 0 bridgehead atoms. The van der Waals surface area contributed by atoms with Crippen molar-refractivity contribution in [3.63, 3.8) is 0 Å². The quantitative estimate of drug-likeness (QED) is 0.231. The molecule has 0 amide bonds. The van der Waals surface area contributed by atoms with Crippen molar-refractivity contribution in [1.29, 1.82) is 0 Å². The standard InChI is InChI=1S/C9H17O.Na/c1-4-5-6-7-8-10-9(2)3;/h2-8H2,1H3;/q-1;+1. The van der Waals surface area contributed by atoms with Crippen LogP contribution in [0.15, 0.2) is 12.3 Å². The maximum Gasteiger partial charge on any atom is 1.00 e. The minimum atomic E-state index is 0. The minimum absolute atomic E-state index is 0. The molecule has 0 atom stereocenters. The second kappa shape index (κ2) is 10.4. The van der Waals surface area contributed by atoms with Crippen LogP contribution in [0.2, 0.25) is 0 Å². The van der Waals surface area contributed by atoms with E-state index in [0.717, 1.165) is 13.0 Å². The van der Waals surface area contributed by atoms with Crippen LogP contribution in [0.4, 0.5) is 0 Å². The molecule has 0 unspecified atom stereocenters. The molecule has 0 aromatic carbocycles. The fraction of sp³-hybridized carbons (Fsp3) is 0.667. The van der Waals surface area contributed by atoms with Crippen LogP contribution in [-0.2, 0) is 4.74 Å². The van der Waals surface area contributed by atoms with E-state index in [0.29, 0.717) is 5.76 Å². The van der Waals surface area contributed by atoms with Gasteiger partial charge in [0.15, 0.2) is 0 Å². The van der Waals surface area contributed by atoms with Crippen LogP contribution in [0.25, 0.3) is 0 Å². The molecule has 0 saturated heterocycles. The molecular weight excluding hydrogens is 147 g/mol. The van der Waals surface area contributed by atoms with Gasteiger partial charge in [0.25, 0.3) is 0 Å². The van der Waals surface area contributed by atoms with Gasteiger partial charge >= 0.3 is 29.6 Å². The summed E-state index contributed by atoms with van der Waals surface area (Å²) in [6, 6.07) is 0. The molecule has 0 N–H and O–H groups in total. The van der Waals surface area contributed by atoms with E-state index in [9.17, 15) is 0 Å². The third-order valence-corrected chi connectivity index (χ3v) is 1.30. The average molecular weight is 164 g/mol. The molecule has 2 heteroatoms. The summed E-state index contributed by atoms with van der Waals surface area (Å²) >= 11 is 0. The molecule has 0 aromatic heterocycles. The Morgan fingerprint density at radius 3 is 2.45 bits per heavy atom. The van der Waals surface area contributed by atoms with Crippen molar-refractivity contribution in [3.8, 4) is 0 Å². The van der Waals surface area contributed by atoms with Gasteiger partial charge in [-0.2, -0.15) is 0 Å². The van der Waals surface area contributed by atoms with Gasteiger partial charge in [0, 0.05) is 0 Å². The van der Waals surface area contributed by atoms with Gasteiger partial charge in [-0.25, -0.2) is 13.5 Å². The van der Waals surface area contributed by atoms with Crippen LogP contribution in [0.1, 0.15) is 32.6 Å². The Morgan fingerprint density at radius 2 is 2.00 bits per heavy atom. The predicted octanol–water partition coefficient (Wildman–Crippen LogP) is -0.0649. The summed E-state index contributed by atoms with van der Waals surface area (Å²) in [6.07, 6.45) is 4.95. The molecule has 11 heavy (non-hydrogen) atoms. The largest absolute Gasteiger partial charge is 1.00 e. The van der Waals surface area contributed by atoms with Crippen molar-refractivity contribution in [2.75, 3.05) is 6.61 Å². The fourth-order valence-corrected chi connectivity index (χ4v) is 0.745. The second-order valence-corrected chi connectivity index (χ2v) is 2.45. The smallest absolute Gasteiger partial charge is 0.532 e. The Kier molecular flexibility index (Phi) is 13.2. The number of rotatable bonds is 6. The Bertz CT molecular complexity index is 91.6. The van der Waals surface area contributed by atoms with Crippen LogP contribution < -0.4 is 29.6 Å². The zero-order valence-electron chi connectivity index (χ0n) is 7.86. The zero-order valence-corrected chi connectivity index (χ0v) is 9.86. The normalized spacial score (nSPS) is 8.45. The molecule has 0 aliphatic rings. The Hall–Kier alpha value is 0.410. The van der Waals surface area contributed by atoms with E-state index in [4.69, 9.17) is 4.74 Å². The topological polar surface area (TPSA) is 9.23 Å². The molecule has 60 valence electrons. The van der Waals surface area contributed by atoms with Gasteiger partial charge in [-0.3, -0.25) is 0 Å². The molecule has 0 heterocycles. The third kappa shape index (κ3) is 13.4. The Morgan fingerprint density at radius 1 is 1.36 bits per heavy atom. The Balaban J connectivity index is 0. The summed E-state index contributed by atoms with van der Waals surface area (Å²) < 4.78 is 5.08. The summed E-state index contributed by atoms with van der Waals surface area (Å²) in [6.45, 7) is 10.1. The van der Waals surface area contributed by atoms with E-state index in [2.05, 4.69) is 20.4 Å². The van der Waals surface area contributed by atoms with Crippen molar-refractivity contribution >= 4 is 0 Å². The van der Waals surface area contributed by atoms with Crippen molar-refractivity contribution in [1.82, 2.24) is 0 Å². The van der Waals surface area contributed by atoms with E-state index in [-0.39, 0.29) is 29.6 Å². The summed E-state index contributed by atoms with van der Waals surface area (Å²) in [5.41, 5.74) is 0. The van der Waals surface area contributed by atoms with E-state index >= 15 is 0 Å². The summed E-state index contributed by atoms with van der Waals surface area (Å²) in [4.78, 5) is 0. The van der Waals surface area contributed by atoms with Crippen molar-refractivity contribution in [2.24, 2.45) is 0 Å². The van der Waals surface area contributed by atoms with Crippen LogP contribution in [0.3, 0.4) is 0 Å². The summed E-state index contributed by atoms with van der Waals surface area (Å²) in [7, 11) is 0. The molecule has 0 saturated carbocycles. The molecule has 0 radical (unpaired) electrons. The second-order valence-electron chi connectivity index (χ2n) is 2.45. The molecule has 0 aliphatic heterocycles. The zero-order chi connectivity index (χ0) is 7.82. The molecular formula is C9H17NaO. The SMILES string of the molecule is C=C([CH2-])OCCCCCC.[Na+]. The van der Waals surface area contributed by atoms with Gasteiger partial charge in [0.2, 0.25) is 0 Å². The Labute approximate surface area is 92.5 Å². The fourth-order valence-electron chi connectivity index (χ4n) is 0.745. The van der Waals surface area contributed by atoms with Crippen molar-refractivity contribution in [3.05, 3.63) is 19.3 Å². The van der Waals surface area contributed by atoms with Gasteiger partial charge in [-0.05, 0) is 6.42 Å². The predicted molar refractivity (Wildman–Crippen MR) is 44.6 cm³/mol. The van der Waals surface area contributed by atoms with Crippen LogP contribution in [0, 0.1) is 6.92 Å².